The van der Waals surface area contributed by atoms with Crippen molar-refractivity contribution >= 4 is 11.8 Å². The molecule has 3 nitrogen and oxygen atoms in total. The van der Waals surface area contributed by atoms with Crippen LogP contribution in [0, 0.1) is 0 Å². The summed E-state index contributed by atoms with van der Waals surface area (Å²) in [5.41, 5.74) is 3.76. The Morgan fingerprint density at radius 1 is 1.53 bits per heavy atom. The minimum Gasteiger partial charge on any atom is -0.374 e. The topological polar surface area (TPSA) is 32.7 Å². The first kappa shape index (κ1) is 9.94. The first-order valence-corrected chi connectivity index (χ1v) is 5.18. The predicted octanol–water partition coefficient (Wildman–Crippen LogP) is 1.90. The minimum absolute atomic E-state index is 0.445. The van der Waals surface area contributed by atoms with Crippen molar-refractivity contribution < 1.29 is 4.79 Å². The summed E-state index contributed by atoms with van der Waals surface area (Å²) in [5.74, 6) is 0. The summed E-state index contributed by atoms with van der Waals surface area (Å²) in [6, 6.07) is 6.29. The van der Waals surface area contributed by atoms with E-state index in [9.17, 15) is 4.79 Å². The van der Waals surface area contributed by atoms with Crippen LogP contribution in [0.15, 0.2) is 23.2 Å². The summed E-state index contributed by atoms with van der Waals surface area (Å²) in [6.07, 6.45) is 3.89. The number of nitrogens with zero attached hydrogens (tertiary/aromatic N) is 2. The van der Waals surface area contributed by atoms with Crippen LogP contribution in [-0.4, -0.2) is 19.7 Å². The maximum Gasteiger partial charge on any atom is 0.235 e. The van der Waals surface area contributed by atoms with E-state index in [4.69, 9.17) is 0 Å². The van der Waals surface area contributed by atoms with Gasteiger partial charge in [0.25, 0.3) is 0 Å². The van der Waals surface area contributed by atoms with Crippen LogP contribution in [0.4, 0.5) is 5.69 Å². The smallest absolute Gasteiger partial charge is 0.235 e. The molecule has 0 saturated heterocycles. The second-order valence-electron chi connectivity index (χ2n) is 3.90. The maximum absolute atomic E-state index is 10.0. The number of rotatable bonds is 2. The van der Waals surface area contributed by atoms with Crippen molar-refractivity contribution in [1.82, 2.24) is 0 Å². The number of isocyanates is 1. The molecule has 1 aromatic carbocycles. The van der Waals surface area contributed by atoms with E-state index in [1.165, 1.54) is 17.7 Å². The quantitative estimate of drug-likeness (QED) is 0.542. The standard InChI is InChI=1S/C12H14N2O/c1-14-6-2-3-11-7-10(8-13-9-15)4-5-12(11)14/h4-5,7H,2-3,6,8H2,1H3. The first-order valence-electron chi connectivity index (χ1n) is 5.18. The van der Waals surface area contributed by atoms with Crippen molar-refractivity contribution in [3.05, 3.63) is 29.3 Å². The number of carbonyl (C=O) groups excluding carboxylic acids is 1. The summed E-state index contributed by atoms with van der Waals surface area (Å²) in [6.45, 7) is 1.57. The number of hydrogen-bond acceptors (Lipinski definition) is 3. The van der Waals surface area contributed by atoms with Gasteiger partial charge in [0.1, 0.15) is 0 Å². The third kappa shape index (κ3) is 2.08. The molecule has 2 rings (SSSR count). The highest BCUT2D eigenvalue weighted by Gasteiger charge is 2.13. The van der Waals surface area contributed by atoms with Crippen molar-refractivity contribution in [2.24, 2.45) is 4.99 Å². The molecule has 0 radical (unpaired) electrons. The third-order valence-electron chi connectivity index (χ3n) is 2.82. The minimum atomic E-state index is 0.445. The van der Waals surface area contributed by atoms with Crippen LogP contribution in [0.1, 0.15) is 17.5 Å². The van der Waals surface area contributed by atoms with Crippen LogP contribution in [0.25, 0.3) is 0 Å². The molecule has 0 saturated carbocycles. The van der Waals surface area contributed by atoms with Crippen LogP contribution in [0.3, 0.4) is 0 Å². The van der Waals surface area contributed by atoms with E-state index in [2.05, 4.69) is 29.1 Å². The lowest BCUT2D eigenvalue weighted by atomic mass is 10.00. The molecule has 0 amide bonds. The van der Waals surface area contributed by atoms with Gasteiger partial charge in [0, 0.05) is 19.3 Å². The van der Waals surface area contributed by atoms with Crippen LogP contribution in [0.2, 0.25) is 0 Å². The number of aryl methyl sites for hydroxylation is 1. The highest BCUT2D eigenvalue weighted by Crippen LogP contribution is 2.26. The van der Waals surface area contributed by atoms with Crippen molar-refractivity contribution in [2.75, 3.05) is 18.5 Å². The van der Waals surface area contributed by atoms with E-state index in [0.717, 1.165) is 18.5 Å². The Morgan fingerprint density at radius 2 is 2.40 bits per heavy atom. The molecule has 0 atom stereocenters. The van der Waals surface area contributed by atoms with Gasteiger partial charge in [0.15, 0.2) is 0 Å². The Hall–Kier alpha value is -1.60. The fraction of sp³-hybridized carbons (Fsp3) is 0.417. The highest BCUT2D eigenvalue weighted by atomic mass is 16.1. The molecule has 1 aromatic rings. The Balaban J connectivity index is 2.28. The van der Waals surface area contributed by atoms with Gasteiger partial charge < -0.3 is 4.90 Å². The Kier molecular flexibility index (Phi) is 2.84. The number of fused-ring (bicyclic) bond motifs is 1. The second-order valence-corrected chi connectivity index (χ2v) is 3.90. The molecule has 15 heavy (non-hydrogen) atoms. The van der Waals surface area contributed by atoms with Gasteiger partial charge in [-0.2, -0.15) is 0 Å². The Morgan fingerprint density at radius 3 is 3.20 bits per heavy atom. The lowest BCUT2D eigenvalue weighted by Gasteiger charge is -2.27. The number of anilines is 1. The van der Waals surface area contributed by atoms with Crippen molar-refractivity contribution in [1.29, 1.82) is 0 Å². The molecule has 0 unspecified atom stereocenters. The third-order valence-corrected chi connectivity index (χ3v) is 2.82. The zero-order valence-corrected chi connectivity index (χ0v) is 8.86. The number of hydrogen-bond donors (Lipinski definition) is 0. The largest absolute Gasteiger partial charge is 0.374 e. The van der Waals surface area contributed by atoms with Gasteiger partial charge >= 0.3 is 0 Å². The summed E-state index contributed by atoms with van der Waals surface area (Å²) in [4.78, 5) is 15.9. The lowest BCUT2D eigenvalue weighted by Crippen LogP contribution is -2.24. The van der Waals surface area contributed by atoms with E-state index in [1.54, 1.807) is 6.08 Å². The summed E-state index contributed by atoms with van der Waals surface area (Å²) in [7, 11) is 2.11. The fourth-order valence-electron chi connectivity index (χ4n) is 2.06. The van der Waals surface area contributed by atoms with E-state index in [0.29, 0.717) is 6.54 Å². The number of benzene rings is 1. The molecular formula is C12H14N2O. The SMILES string of the molecule is CN1CCCc2cc(CN=C=O)ccc21. The molecule has 0 spiro atoms. The van der Waals surface area contributed by atoms with Crippen LogP contribution < -0.4 is 4.90 Å². The van der Waals surface area contributed by atoms with E-state index < -0.39 is 0 Å². The van der Waals surface area contributed by atoms with Crippen LogP contribution >= 0.6 is 0 Å². The Bertz CT molecular complexity index is 408. The van der Waals surface area contributed by atoms with Gasteiger partial charge in [-0.05, 0) is 30.0 Å². The number of aliphatic imine (C=N–C) groups is 1. The Labute approximate surface area is 89.4 Å². The van der Waals surface area contributed by atoms with Gasteiger partial charge in [-0.1, -0.05) is 12.1 Å². The zero-order valence-electron chi connectivity index (χ0n) is 8.86. The predicted molar refractivity (Wildman–Crippen MR) is 59.9 cm³/mol. The fourth-order valence-corrected chi connectivity index (χ4v) is 2.06. The van der Waals surface area contributed by atoms with Crippen molar-refractivity contribution in [2.45, 2.75) is 19.4 Å². The normalized spacial score (nSPS) is 14.3. The van der Waals surface area contributed by atoms with Crippen LogP contribution in [0.5, 0.6) is 0 Å². The zero-order chi connectivity index (χ0) is 10.7. The molecule has 1 heterocycles. The molecule has 1 aliphatic rings. The molecule has 1 aliphatic heterocycles. The van der Waals surface area contributed by atoms with Crippen molar-refractivity contribution in [3.8, 4) is 0 Å². The first-order chi connectivity index (χ1) is 7.31. The van der Waals surface area contributed by atoms with E-state index in [-0.39, 0.29) is 0 Å². The van der Waals surface area contributed by atoms with Crippen LogP contribution in [-0.2, 0) is 17.8 Å². The molecule has 0 bridgehead atoms. The summed E-state index contributed by atoms with van der Waals surface area (Å²) < 4.78 is 0. The summed E-state index contributed by atoms with van der Waals surface area (Å²) >= 11 is 0. The highest BCUT2D eigenvalue weighted by molar-refractivity contribution is 5.56. The molecule has 0 aliphatic carbocycles. The monoisotopic (exact) mass is 202 g/mol. The summed E-state index contributed by atoms with van der Waals surface area (Å²) in [5, 5.41) is 0. The van der Waals surface area contributed by atoms with E-state index in [1.807, 2.05) is 6.07 Å². The van der Waals surface area contributed by atoms with Gasteiger partial charge in [0.2, 0.25) is 6.08 Å². The van der Waals surface area contributed by atoms with Gasteiger partial charge in [-0.15, -0.1) is 0 Å². The average Bonchev–Trinajstić information content (AvgIpc) is 2.26. The van der Waals surface area contributed by atoms with Gasteiger partial charge in [-0.3, -0.25) is 0 Å². The molecule has 0 fully saturated rings. The lowest BCUT2D eigenvalue weighted by molar-refractivity contribution is 0.563. The average molecular weight is 202 g/mol. The van der Waals surface area contributed by atoms with Gasteiger partial charge in [-0.25, -0.2) is 9.79 Å². The molecule has 3 heteroatoms. The van der Waals surface area contributed by atoms with E-state index >= 15 is 0 Å². The second kappa shape index (κ2) is 4.28. The molecular weight excluding hydrogens is 188 g/mol. The van der Waals surface area contributed by atoms with Gasteiger partial charge in [0.05, 0.1) is 6.54 Å². The molecule has 78 valence electrons. The molecule has 0 aromatic heterocycles. The maximum atomic E-state index is 10.0. The molecule has 0 N–H and O–H groups in total. The van der Waals surface area contributed by atoms with Crippen molar-refractivity contribution in [3.63, 3.8) is 0 Å².